The minimum absolute atomic E-state index is 0.310. The lowest BCUT2D eigenvalue weighted by molar-refractivity contribution is 0.593. The highest BCUT2D eigenvalue weighted by Gasteiger charge is 2.22. The summed E-state index contributed by atoms with van der Waals surface area (Å²) >= 11 is 2.07. The van der Waals surface area contributed by atoms with Crippen molar-refractivity contribution in [2.24, 2.45) is 0 Å². The van der Waals surface area contributed by atoms with Crippen molar-refractivity contribution in [1.29, 1.82) is 0 Å². The Morgan fingerprint density at radius 3 is 2.63 bits per heavy atom. The summed E-state index contributed by atoms with van der Waals surface area (Å²) in [7, 11) is -3.49. The molecule has 2 aromatic heterocycles. The van der Waals surface area contributed by atoms with Crippen molar-refractivity contribution in [1.82, 2.24) is 4.98 Å². The molecule has 0 atom stereocenters. The Hall–Kier alpha value is -1.94. The third kappa shape index (κ3) is 4.49. The first kappa shape index (κ1) is 19.8. The number of anilines is 1. The molecule has 1 aromatic carbocycles. The number of hydrogen-bond donors (Lipinski definition) is 0. The van der Waals surface area contributed by atoms with Crippen molar-refractivity contribution >= 4 is 49.5 Å². The molecule has 0 aliphatic rings. The Balaban J connectivity index is 2.04. The second kappa shape index (κ2) is 7.97. The van der Waals surface area contributed by atoms with Gasteiger partial charge in [0.25, 0.3) is 0 Å². The normalized spacial score (nSPS) is 11.7. The van der Waals surface area contributed by atoms with E-state index in [4.69, 9.17) is 4.42 Å². The van der Waals surface area contributed by atoms with Gasteiger partial charge in [-0.3, -0.25) is 4.31 Å². The van der Waals surface area contributed by atoms with Gasteiger partial charge in [-0.1, -0.05) is 6.08 Å². The molecular formula is C19H18FIN2O3S. The van der Waals surface area contributed by atoms with Crippen LogP contribution in [0, 0.1) is 9.39 Å². The summed E-state index contributed by atoms with van der Waals surface area (Å²) in [6.45, 7) is 3.97. The molecule has 8 heteroatoms. The molecule has 0 amide bonds. The van der Waals surface area contributed by atoms with Gasteiger partial charge >= 0.3 is 0 Å². The molecule has 0 spiro atoms. The molecule has 142 valence electrons. The molecule has 27 heavy (non-hydrogen) atoms. The van der Waals surface area contributed by atoms with E-state index in [1.165, 1.54) is 16.4 Å². The smallest absolute Gasteiger partial charge is 0.233 e. The van der Waals surface area contributed by atoms with Crippen LogP contribution in [0.3, 0.4) is 0 Å². The standard InChI is InChI=1S/C19H18FIN2O3S/c1-3-4-5-10-23(27(2,24)25)18-16(21)11-14-12-17(26-19(14)22-18)13-6-8-15(20)9-7-13/h3,6-9,11-12H,1,4-5,10H2,2H3. The van der Waals surface area contributed by atoms with Gasteiger partial charge in [0.2, 0.25) is 15.7 Å². The van der Waals surface area contributed by atoms with E-state index in [0.717, 1.165) is 17.2 Å². The predicted molar refractivity (Wildman–Crippen MR) is 114 cm³/mol. The first-order valence-corrected chi connectivity index (χ1v) is 11.2. The van der Waals surface area contributed by atoms with Crippen molar-refractivity contribution in [3.8, 4) is 11.3 Å². The number of aromatic nitrogens is 1. The second-order valence-corrected chi connectivity index (χ2v) is 9.14. The second-order valence-electron chi connectivity index (χ2n) is 6.07. The fraction of sp³-hybridized carbons (Fsp3) is 0.211. The molecule has 0 bridgehead atoms. The maximum atomic E-state index is 13.1. The van der Waals surface area contributed by atoms with Crippen LogP contribution in [-0.4, -0.2) is 26.2 Å². The van der Waals surface area contributed by atoms with Gasteiger partial charge < -0.3 is 4.42 Å². The van der Waals surface area contributed by atoms with Crippen LogP contribution in [0.15, 0.2) is 53.5 Å². The zero-order chi connectivity index (χ0) is 19.6. The van der Waals surface area contributed by atoms with Crippen molar-refractivity contribution in [2.45, 2.75) is 12.8 Å². The third-order valence-electron chi connectivity index (χ3n) is 3.98. The zero-order valence-electron chi connectivity index (χ0n) is 14.7. The van der Waals surface area contributed by atoms with Crippen LogP contribution in [0.4, 0.5) is 10.2 Å². The van der Waals surface area contributed by atoms with Crippen molar-refractivity contribution in [3.63, 3.8) is 0 Å². The van der Waals surface area contributed by atoms with E-state index < -0.39 is 10.0 Å². The highest BCUT2D eigenvalue weighted by atomic mass is 127. The lowest BCUT2D eigenvalue weighted by Crippen LogP contribution is -2.32. The summed E-state index contributed by atoms with van der Waals surface area (Å²) in [5, 5.41) is 0.752. The van der Waals surface area contributed by atoms with E-state index in [0.29, 0.717) is 40.2 Å². The van der Waals surface area contributed by atoms with Gasteiger partial charge in [0, 0.05) is 17.5 Å². The Morgan fingerprint density at radius 2 is 2.00 bits per heavy atom. The van der Waals surface area contributed by atoms with Crippen LogP contribution in [-0.2, 0) is 10.0 Å². The van der Waals surface area contributed by atoms with Crippen LogP contribution in [0.2, 0.25) is 0 Å². The number of furan rings is 1. The summed E-state index contributed by atoms with van der Waals surface area (Å²) in [4.78, 5) is 4.46. The van der Waals surface area contributed by atoms with Crippen LogP contribution in [0.1, 0.15) is 12.8 Å². The SMILES string of the molecule is C=CCCCN(c1nc2oc(-c3ccc(F)cc3)cc2cc1I)S(C)(=O)=O. The number of pyridine rings is 1. The van der Waals surface area contributed by atoms with Crippen molar-refractivity contribution in [2.75, 3.05) is 17.1 Å². The van der Waals surface area contributed by atoms with Crippen LogP contribution in [0.5, 0.6) is 0 Å². The fourth-order valence-electron chi connectivity index (χ4n) is 2.68. The Morgan fingerprint density at radius 1 is 1.30 bits per heavy atom. The fourth-order valence-corrected chi connectivity index (χ4v) is 4.50. The lowest BCUT2D eigenvalue weighted by atomic mass is 10.1. The van der Waals surface area contributed by atoms with Crippen molar-refractivity contribution in [3.05, 3.63) is 58.4 Å². The summed E-state index contributed by atoms with van der Waals surface area (Å²) in [5.41, 5.74) is 1.05. The average molecular weight is 500 g/mol. The highest BCUT2D eigenvalue weighted by Crippen LogP contribution is 2.32. The van der Waals surface area contributed by atoms with E-state index >= 15 is 0 Å². The minimum atomic E-state index is -3.49. The lowest BCUT2D eigenvalue weighted by Gasteiger charge is -2.22. The molecule has 0 aliphatic carbocycles. The first-order chi connectivity index (χ1) is 12.8. The van der Waals surface area contributed by atoms with E-state index in [1.54, 1.807) is 18.2 Å². The number of fused-ring (bicyclic) bond motifs is 1. The quantitative estimate of drug-likeness (QED) is 0.261. The molecule has 0 aliphatic heterocycles. The predicted octanol–water partition coefficient (Wildman–Crippen LogP) is 4.97. The molecule has 0 fully saturated rings. The van der Waals surface area contributed by atoms with Gasteiger partial charge in [0.05, 0.1) is 9.83 Å². The number of nitrogens with zero attached hydrogens (tertiary/aromatic N) is 2. The molecule has 2 heterocycles. The molecule has 5 nitrogen and oxygen atoms in total. The zero-order valence-corrected chi connectivity index (χ0v) is 17.6. The number of sulfonamides is 1. The van der Waals surface area contributed by atoms with Gasteiger partial charge in [0.15, 0.2) is 5.82 Å². The Labute approximate surface area is 171 Å². The van der Waals surface area contributed by atoms with E-state index in [1.807, 2.05) is 12.1 Å². The van der Waals surface area contributed by atoms with Crippen LogP contribution >= 0.6 is 22.6 Å². The summed E-state index contributed by atoms with van der Waals surface area (Å²) < 4.78 is 45.5. The van der Waals surface area contributed by atoms with Gasteiger partial charge in [0.1, 0.15) is 11.6 Å². The maximum absolute atomic E-state index is 13.1. The molecule has 3 rings (SSSR count). The van der Waals surface area contributed by atoms with E-state index in [9.17, 15) is 12.8 Å². The molecule has 0 saturated carbocycles. The number of hydrogen-bond acceptors (Lipinski definition) is 4. The van der Waals surface area contributed by atoms with E-state index in [-0.39, 0.29) is 5.82 Å². The third-order valence-corrected chi connectivity index (χ3v) is 5.93. The first-order valence-electron chi connectivity index (χ1n) is 8.24. The molecule has 3 aromatic rings. The van der Waals surface area contributed by atoms with Crippen LogP contribution < -0.4 is 4.31 Å². The van der Waals surface area contributed by atoms with E-state index in [2.05, 4.69) is 34.2 Å². The number of rotatable bonds is 7. The largest absolute Gasteiger partial charge is 0.438 e. The molecular weight excluding hydrogens is 482 g/mol. The van der Waals surface area contributed by atoms with Gasteiger partial charge in [-0.15, -0.1) is 6.58 Å². The Kier molecular flexibility index (Phi) is 5.85. The monoisotopic (exact) mass is 500 g/mol. The van der Waals surface area contributed by atoms with Gasteiger partial charge in [-0.25, -0.2) is 12.8 Å². The topological polar surface area (TPSA) is 63.4 Å². The summed E-state index contributed by atoms with van der Waals surface area (Å²) in [6.07, 6.45) is 4.27. The number of benzene rings is 1. The number of allylic oxidation sites excluding steroid dienone is 1. The number of unbranched alkanes of at least 4 members (excludes halogenated alkanes) is 1. The minimum Gasteiger partial charge on any atom is -0.438 e. The van der Waals surface area contributed by atoms with Crippen molar-refractivity contribution < 1.29 is 17.2 Å². The molecule has 0 saturated heterocycles. The average Bonchev–Trinajstić information content (AvgIpc) is 3.00. The van der Waals surface area contributed by atoms with Gasteiger partial charge in [-0.05, 0) is 71.8 Å². The molecule has 0 unspecified atom stereocenters. The highest BCUT2D eigenvalue weighted by molar-refractivity contribution is 14.1. The molecule has 0 radical (unpaired) electrons. The number of halogens is 2. The maximum Gasteiger partial charge on any atom is 0.233 e. The molecule has 0 N–H and O–H groups in total. The van der Waals surface area contributed by atoms with Gasteiger partial charge in [-0.2, -0.15) is 4.98 Å². The summed E-state index contributed by atoms with van der Waals surface area (Å²) in [6, 6.07) is 9.60. The Bertz CT molecular complexity index is 1080. The van der Waals surface area contributed by atoms with Crippen LogP contribution in [0.25, 0.3) is 22.4 Å². The summed E-state index contributed by atoms with van der Waals surface area (Å²) in [5.74, 6) is 0.561.